The number of carboxylic acid groups (broad SMARTS) is 1. The number of anilines is 1. The standard InChI is InChI=1S/C13H18N2O3/c1-13(2,8-7-11(16)17)15-12(18)9-3-5-10(14)6-4-9/h3-6H,7-8,14H2,1-2H3,(H,15,18)(H,16,17). The topological polar surface area (TPSA) is 92.4 Å². The van der Waals surface area contributed by atoms with Crippen molar-refractivity contribution < 1.29 is 14.7 Å². The lowest BCUT2D eigenvalue weighted by Gasteiger charge is -2.25. The quantitative estimate of drug-likeness (QED) is 0.693. The van der Waals surface area contributed by atoms with Crippen LogP contribution >= 0.6 is 0 Å². The Kier molecular flexibility index (Phi) is 4.31. The van der Waals surface area contributed by atoms with Crippen molar-refractivity contribution in [1.29, 1.82) is 0 Å². The van der Waals surface area contributed by atoms with Gasteiger partial charge in [0.1, 0.15) is 0 Å². The minimum Gasteiger partial charge on any atom is -0.481 e. The van der Waals surface area contributed by atoms with Crippen LogP contribution in [0, 0.1) is 0 Å². The van der Waals surface area contributed by atoms with Crippen molar-refractivity contribution in [1.82, 2.24) is 5.32 Å². The molecule has 0 aliphatic rings. The van der Waals surface area contributed by atoms with Gasteiger partial charge in [0.25, 0.3) is 5.91 Å². The van der Waals surface area contributed by atoms with Crippen molar-refractivity contribution in [3.63, 3.8) is 0 Å². The van der Waals surface area contributed by atoms with Gasteiger partial charge in [-0.05, 0) is 44.5 Å². The van der Waals surface area contributed by atoms with Gasteiger partial charge in [0.2, 0.25) is 0 Å². The van der Waals surface area contributed by atoms with Crippen LogP contribution in [-0.4, -0.2) is 22.5 Å². The predicted molar refractivity (Wildman–Crippen MR) is 69.3 cm³/mol. The highest BCUT2D eigenvalue weighted by molar-refractivity contribution is 5.94. The summed E-state index contributed by atoms with van der Waals surface area (Å²) in [5.41, 5.74) is 6.08. The first-order valence-corrected chi connectivity index (χ1v) is 5.70. The molecule has 5 heteroatoms. The van der Waals surface area contributed by atoms with Crippen LogP contribution in [0.3, 0.4) is 0 Å². The fourth-order valence-corrected chi connectivity index (χ4v) is 1.50. The molecule has 0 fully saturated rings. The summed E-state index contributed by atoms with van der Waals surface area (Å²) < 4.78 is 0. The number of nitrogens with one attached hydrogen (secondary N) is 1. The monoisotopic (exact) mass is 250 g/mol. The molecule has 0 saturated heterocycles. The maximum atomic E-state index is 11.9. The maximum absolute atomic E-state index is 11.9. The second kappa shape index (κ2) is 5.53. The Morgan fingerprint density at radius 3 is 2.33 bits per heavy atom. The molecule has 0 aromatic heterocycles. The number of nitrogen functional groups attached to an aromatic ring is 1. The number of carbonyl (C=O) groups is 2. The van der Waals surface area contributed by atoms with Gasteiger partial charge in [-0.15, -0.1) is 0 Å². The summed E-state index contributed by atoms with van der Waals surface area (Å²) in [6.07, 6.45) is 0.401. The van der Waals surface area contributed by atoms with Crippen molar-refractivity contribution in [2.24, 2.45) is 0 Å². The average molecular weight is 250 g/mol. The fourth-order valence-electron chi connectivity index (χ4n) is 1.50. The Morgan fingerprint density at radius 1 is 1.28 bits per heavy atom. The highest BCUT2D eigenvalue weighted by Crippen LogP contribution is 2.13. The molecule has 0 aliphatic heterocycles. The van der Waals surface area contributed by atoms with E-state index in [1.165, 1.54) is 0 Å². The molecule has 5 nitrogen and oxygen atoms in total. The Bertz CT molecular complexity index is 438. The molecule has 0 heterocycles. The molecule has 0 radical (unpaired) electrons. The molecule has 1 aromatic rings. The Morgan fingerprint density at radius 2 is 1.83 bits per heavy atom. The zero-order valence-electron chi connectivity index (χ0n) is 10.6. The number of hydrogen-bond acceptors (Lipinski definition) is 3. The Hall–Kier alpha value is -2.04. The van der Waals surface area contributed by atoms with Crippen LogP contribution in [-0.2, 0) is 4.79 Å². The van der Waals surface area contributed by atoms with E-state index < -0.39 is 11.5 Å². The number of hydrogen-bond donors (Lipinski definition) is 3. The fraction of sp³-hybridized carbons (Fsp3) is 0.385. The second-order valence-corrected chi connectivity index (χ2v) is 4.85. The van der Waals surface area contributed by atoms with Crippen molar-refractivity contribution in [2.75, 3.05) is 5.73 Å². The zero-order chi connectivity index (χ0) is 13.8. The molecule has 0 atom stereocenters. The van der Waals surface area contributed by atoms with E-state index in [4.69, 9.17) is 10.8 Å². The largest absolute Gasteiger partial charge is 0.481 e. The number of amides is 1. The van der Waals surface area contributed by atoms with E-state index in [0.29, 0.717) is 17.7 Å². The van der Waals surface area contributed by atoms with Gasteiger partial charge in [-0.25, -0.2) is 0 Å². The smallest absolute Gasteiger partial charge is 0.303 e. The molecule has 0 bridgehead atoms. The summed E-state index contributed by atoms with van der Waals surface area (Å²) in [6.45, 7) is 3.59. The van der Waals surface area contributed by atoms with Crippen LogP contribution in [0.25, 0.3) is 0 Å². The van der Waals surface area contributed by atoms with Gasteiger partial charge in [-0.1, -0.05) is 0 Å². The molecule has 1 rings (SSSR count). The van der Waals surface area contributed by atoms with Crippen LogP contribution in [0.5, 0.6) is 0 Å². The summed E-state index contributed by atoms with van der Waals surface area (Å²) >= 11 is 0. The normalized spacial score (nSPS) is 11.0. The first-order chi connectivity index (χ1) is 8.30. The van der Waals surface area contributed by atoms with Crippen LogP contribution in [0.15, 0.2) is 24.3 Å². The zero-order valence-corrected chi connectivity index (χ0v) is 10.6. The van der Waals surface area contributed by atoms with E-state index in [9.17, 15) is 9.59 Å². The third kappa shape index (κ3) is 4.45. The first kappa shape index (κ1) is 14.0. The summed E-state index contributed by atoms with van der Waals surface area (Å²) in [6, 6.07) is 6.58. The van der Waals surface area contributed by atoms with E-state index in [1.54, 1.807) is 38.1 Å². The summed E-state index contributed by atoms with van der Waals surface area (Å²) in [4.78, 5) is 22.4. The highest BCUT2D eigenvalue weighted by Gasteiger charge is 2.22. The molecule has 18 heavy (non-hydrogen) atoms. The Balaban J connectivity index is 2.63. The predicted octanol–water partition coefficient (Wildman–Crippen LogP) is 1.64. The first-order valence-electron chi connectivity index (χ1n) is 5.70. The van der Waals surface area contributed by atoms with E-state index in [2.05, 4.69) is 5.32 Å². The molecule has 0 aliphatic carbocycles. The summed E-state index contributed by atoms with van der Waals surface area (Å²) in [5.74, 6) is -1.10. The van der Waals surface area contributed by atoms with Gasteiger partial charge in [0.05, 0.1) is 0 Å². The van der Waals surface area contributed by atoms with Gasteiger partial charge in [-0.2, -0.15) is 0 Å². The van der Waals surface area contributed by atoms with Gasteiger partial charge < -0.3 is 16.2 Å². The highest BCUT2D eigenvalue weighted by atomic mass is 16.4. The number of rotatable bonds is 5. The SMILES string of the molecule is CC(C)(CCC(=O)O)NC(=O)c1ccc(N)cc1. The van der Waals surface area contributed by atoms with Crippen LogP contribution < -0.4 is 11.1 Å². The molecule has 1 aromatic carbocycles. The van der Waals surface area contributed by atoms with Gasteiger partial charge in [0, 0.05) is 23.2 Å². The molecular weight excluding hydrogens is 232 g/mol. The molecule has 4 N–H and O–H groups in total. The molecular formula is C13H18N2O3. The van der Waals surface area contributed by atoms with E-state index in [-0.39, 0.29) is 12.3 Å². The molecule has 0 unspecified atom stereocenters. The van der Waals surface area contributed by atoms with Crippen molar-refractivity contribution in [2.45, 2.75) is 32.2 Å². The van der Waals surface area contributed by atoms with E-state index in [1.807, 2.05) is 0 Å². The second-order valence-electron chi connectivity index (χ2n) is 4.85. The molecule has 98 valence electrons. The van der Waals surface area contributed by atoms with Crippen molar-refractivity contribution >= 4 is 17.6 Å². The van der Waals surface area contributed by atoms with E-state index >= 15 is 0 Å². The molecule has 1 amide bonds. The van der Waals surface area contributed by atoms with Crippen LogP contribution in [0.4, 0.5) is 5.69 Å². The van der Waals surface area contributed by atoms with Gasteiger partial charge in [-0.3, -0.25) is 9.59 Å². The van der Waals surface area contributed by atoms with Crippen molar-refractivity contribution in [3.05, 3.63) is 29.8 Å². The number of carboxylic acids is 1. The molecule has 0 saturated carbocycles. The third-order valence-corrected chi connectivity index (χ3v) is 2.59. The minimum atomic E-state index is -0.871. The van der Waals surface area contributed by atoms with Crippen LogP contribution in [0.1, 0.15) is 37.0 Å². The number of aliphatic carboxylic acids is 1. The third-order valence-electron chi connectivity index (χ3n) is 2.59. The number of benzene rings is 1. The lowest BCUT2D eigenvalue weighted by molar-refractivity contribution is -0.137. The van der Waals surface area contributed by atoms with Crippen LogP contribution in [0.2, 0.25) is 0 Å². The minimum absolute atomic E-state index is 0.0228. The van der Waals surface area contributed by atoms with Gasteiger partial charge in [0.15, 0.2) is 0 Å². The lowest BCUT2D eigenvalue weighted by atomic mass is 9.97. The summed E-state index contributed by atoms with van der Waals surface area (Å²) in [5, 5.41) is 11.4. The average Bonchev–Trinajstić information content (AvgIpc) is 2.27. The summed E-state index contributed by atoms with van der Waals surface area (Å²) in [7, 11) is 0. The number of nitrogens with two attached hydrogens (primary N) is 1. The van der Waals surface area contributed by atoms with Crippen molar-refractivity contribution in [3.8, 4) is 0 Å². The lowest BCUT2D eigenvalue weighted by Crippen LogP contribution is -2.43. The Labute approximate surface area is 106 Å². The van der Waals surface area contributed by atoms with Gasteiger partial charge >= 0.3 is 5.97 Å². The number of carbonyl (C=O) groups excluding carboxylic acids is 1. The maximum Gasteiger partial charge on any atom is 0.303 e. The van der Waals surface area contributed by atoms with E-state index in [0.717, 1.165) is 0 Å². The molecule has 0 spiro atoms.